The molecule has 0 saturated carbocycles. The Morgan fingerprint density at radius 3 is 2.73 bits per heavy atom. The second-order valence-corrected chi connectivity index (χ2v) is 8.14. The van der Waals surface area contributed by atoms with Crippen molar-refractivity contribution >= 4 is 33.2 Å². The van der Waals surface area contributed by atoms with Gasteiger partial charge in [0.05, 0.1) is 22.2 Å². The van der Waals surface area contributed by atoms with E-state index in [-0.39, 0.29) is 10.9 Å². The monoisotopic (exact) mass is 359 g/mol. The van der Waals surface area contributed by atoms with Crippen LogP contribution in [0, 0.1) is 6.92 Å². The van der Waals surface area contributed by atoms with Gasteiger partial charge in [-0.25, -0.2) is 8.42 Å². The van der Waals surface area contributed by atoms with Crippen molar-refractivity contribution in [3.05, 3.63) is 46.2 Å². The van der Waals surface area contributed by atoms with Crippen LogP contribution in [0.5, 0.6) is 0 Å². The van der Waals surface area contributed by atoms with E-state index < -0.39 is 10.0 Å². The van der Waals surface area contributed by atoms with Crippen molar-refractivity contribution < 1.29 is 8.42 Å². The van der Waals surface area contributed by atoms with Gasteiger partial charge in [-0.1, -0.05) is 29.3 Å². The van der Waals surface area contributed by atoms with E-state index in [0.717, 1.165) is 5.56 Å². The van der Waals surface area contributed by atoms with Crippen molar-refractivity contribution in [3.8, 4) is 0 Å². The number of halogens is 2. The molecule has 1 fully saturated rings. The third-order valence-corrected chi connectivity index (χ3v) is 6.31. The van der Waals surface area contributed by atoms with E-state index in [4.69, 9.17) is 23.2 Å². The van der Waals surface area contributed by atoms with Crippen molar-refractivity contribution in [1.29, 1.82) is 0 Å². The molecule has 22 heavy (non-hydrogen) atoms. The second-order valence-electron chi connectivity index (χ2n) is 5.36. The Morgan fingerprint density at radius 1 is 1.32 bits per heavy atom. The molecule has 1 aliphatic rings. The van der Waals surface area contributed by atoms with Crippen LogP contribution in [0.1, 0.15) is 18.0 Å². The minimum absolute atomic E-state index is 0.00296. The first-order valence-electron chi connectivity index (χ1n) is 6.84. The third-order valence-electron chi connectivity index (χ3n) is 3.85. The number of hydrogen-bond donors (Lipinski definition) is 0. The van der Waals surface area contributed by atoms with Crippen molar-refractivity contribution in [3.63, 3.8) is 0 Å². The maximum absolute atomic E-state index is 12.7. The third kappa shape index (κ3) is 2.88. The minimum atomic E-state index is -3.54. The predicted molar refractivity (Wildman–Crippen MR) is 85.8 cm³/mol. The predicted octanol–water partition coefficient (Wildman–Crippen LogP) is 3.13. The van der Waals surface area contributed by atoms with Gasteiger partial charge in [0.2, 0.25) is 10.0 Å². The quantitative estimate of drug-likeness (QED) is 0.845. The molecule has 1 atom stereocenters. The average Bonchev–Trinajstić information content (AvgIpc) is 3.10. The molecule has 0 N–H and O–H groups in total. The van der Waals surface area contributed by atoms with Gasteiger partial charge >= 0.3 is 0 Å². The van der Waals surface area contributed by atoms with Gasteiger partial charge in [-0.3, -0.25) is 4.68 Å². The average molecular weight is 360 g/mol. The SMILES string of the molecule is Cc1ccc(S(=O)(=O)N2CCC(n3cc(Cl)cn3)C2)cc1Cl. The van der Waals surface area contributed by atoms with Crippen LogP contribution < -0.4 is 0 Å². The molecule has 118 valence electrons. The molecule has 1 saturated heterocycles. The zero-order chi connectivity index (χ0) is 15.9. The first-order chi connectivity index (χ1) is 10.4. The molecule has 0 spiro atoms. The molecule has 1 unspecified atom stereocenters. The maximum Gasteiger partial charge on any atom is 0.243 e. The Labute approximate surface area is 139 Å². The number of benzene rings is 1. The number of aromatic nitrogens is 2. The highest BCUT2D eigenvalue weighted by atomic mass is 35.5. The molecule has 1 aromatic heterocycles. The van der Waals surface area contributed by atoms with Gasteiger partial charge in [0.15, 0.2) is 0 Å². The van der Waals surface area contributed by atoms with Crippen LogP contribution in [0.15, 0.2) is 35.5 Å². The summed E-state index contributed by atoms with van der Waals surface area (Å²) in [6.45, 7) is 2.67. The second kappa shape index (κ2) is 5.85. The zero-order valence-electron chi connectivity index (χ0n) is 11.9. The molecule has 2 heterocycles. The van der Waals surface area contributed by atoms with Crippen LogP contribution in [0.2, 0.25) is 10.0 Å². The molecule has 2 aromatic rings. The van der Waals surface area contributed by atoms with Gasteiger partial charge in [0.25, 0.3) is 0 Å². The highest BCUT2D eigenvalue weighted by Gasteiger charge is 2.33. The van der Waals surface area contributed by atoms with Crippen LogP contribution in [-0.2, 0) is 10.0 Å². The fourth-order valence-electron chi connectivity index (χ4n) is 2.54. The summed E-state index contributed by atoms with van der Waals surface area (Å²) in [6, 6.07) is 4.82. The van der Waals surface area contributed by atoms with Gasteiger partial charge in [0, 0.05) is 24.3 Å². The van der Waals surface area contributed by atoms with E-state index in [1.165, 1.54) is 10.4 Å². The van der Waals surface area contributed by atoms with E-state index in [9.17, 15) is 8.42 Å². The molecular formula is C14H15Cl2N3O2S. The fraction of sp³-hybridized carbons (Fsp3) is 0.357. The maximum atomic E-state index is 12.7. The molecule has 0 aliphatic carbocycles. The smallest absolute Gasteiger partial charge is 0.243 e. The lowest BCUT2D eigenvalue weighted by atomic mass is 10.2. The lowest BCUT2D eigenvalue weighted by molar-refractivity contribution is 0.434. The normalized spacial score (nSPS) is 19.7. The zero-order valence-corrected chi connectivity index (χ0v) is 14.2. The largest absolute Gasteiger partial charge is 0.267 e. The summed E-state index contributed by atoms with van der Waals surface area (Å²) in [5.41, 5.74) is 0.853. The standard InChI is InChI=1S/C14H15Cl2N3O2S/c1-10-2-3-13(6-14(10)16)22(20,21)18-5-4-12(9-18)19-8-11(15)7-17-19/h2-3,6-8,12H,4-5,9H2,1H3. The van der Waals surface area contributed by atoms with E-state index in [1.807, 2.05) is 6.92 Å². The number of sulfonamides is 1. The van der Waals surface area contributed by atoms with E-state index in [0.29, 0.717) is 29.6 Å². The van der Waals surface area contributed by atoms with Gasteiger partial charge in [-0.15, -0.1) is 0 Å². The Hall–Kier alpha value is -1.08. The van der Waals surface area contributed by atoms with Crippen molar-refractivity contribution in [1.82, 2.24) is 14.1 Å². The van der Waals surface area contributed by atoms with Gasteiger partial charge in [-0.05, 0) is 31.0 Å². The summed E-state index contributed by atoms with van der Waals surface area (Å²) in [4.78, 5) is 0.224. The van der Waals surface area contributed by atoms with E-state index >= 15 is 0 Å². The molecule has 0 radical (unpaired) electrons. The van der Waals surface area contributed by atoms with Crippen LogP contribution in [0.25, 0.3) is 0 Å². The summed E-state index contributed by atoms with van der Waals surface area (Å²) in [6.07, 6.45) is 3.97. The van der Waals surface area contributed by atoms with Gasteiger partial charge in [0.1, 0.15) is 0 Å². The van der Waals surface area contributed by atoms with Crippen molar-refractivity contribution in [2.75, 3.05) is 13.1 Å². The van der Waals surface area contributed by atoms with Crippen LogP contribution in [0.3, 0.4) is 0 Å². The van der Waals surface area contributed by atoms with Crippen molar-refractivity contribution in [2.45, 2.75) is 24.3 Å². The molecule has 0 bridgehead atoms. The lowest BCUT2D eigenvalue weighted by Gasteiger charge is -2.17. The molecule has 5 nitrogen and oxygen atoms in total. The van der Waals surface area contributed by atoms with Crippen LogP contribution in [0.4, 0.5) is 0 Å². The fourth-order valence-corrected chi connectivity index (χ4v) is 4.45. The first kappa shape index (κ1) is 15.8. The molecule has 8 heteroatoms. The molecule has 0 amide bonds. The Balaban J connectivity index is 1.83. The van der Waals surface area contributed by atoms with Gasteiger partial charge in [-0.2, -0.15) is 9.40 Å². The Bertz CT molecular complexity index is 804. The van der Waals surface area contributed by atoms with Crippen LogP contribution in [-0.4, -0.2) is 35.6 Å². The molecule has 3 rings (SSSR count). The summed E-state index contributed by atoms with van der Waals surface area (Å²) in [5.74, 6) is 0. The molecule has 1 aromatic carbocycles. The van der Waals surface area contributed by atoms with E-state index in [1.54, 1.807) is 29.2 Å². The van der Waals surface area contributed by atoms with E-state index in [2.05, 4.69) is 5.10 Å². The van der Waals surface area contributed by atoms with Gasteiger partial charge < -0.3 is 0 Å². The minimum Gasteiger partial charge on any atom is -0.267 e. The number of rotatable bonds is 3. The number of nitrogens with zero attached hydrogens (tertiary/aromatic N) is 3. The summed E-state index contributed by atoms with van der Waals surface area (Å²) < 4.78 is 28.6. The lowest BCUT2D eigenvalue weighted by Crippen LogP contribution is -2.29. The highest BCUT2D eigenvalue weighted by molar-refractivity contribution is 7.89. The highest BCUT2D eigenvalue weighted by Crippen LogP contribution is 2.29. The van der Waals surface area contributed by atoms with Crippen LogP contribution >= 0.6 is 23.2 Å². The topological polar surface area (TPSA) is 55.2 Å². The molecular weight excluding hydrogens is 345 g/mol. The number of aryl methyl sites for hydroxylation is 1. The Kier molecular flexibility index (Phi) is 4.20. The summed E-state index contributed by atoms with van der Waals surface area (Å²) >= 11 is 11.9. The number of hydrogen-bond acceptors (Lipinski definition) is 3. The van der Waals surface area contributed by atoms with Crippen molar-refractivity contribution in [2.24, 2.45) is 0 Å². The Morgan fingerprint density at radius 2 is 2.09 bits per heavy atom. The summed E-state index contributed by atoms with van der Waals surface area (Å²) in [5, 5.41) is 5.16. The first-order valence-corrected chi connectivity index (χ1v) is 9.03. The summed E-state index contributed by atoms with van der Waals surface area (Å²) in [7, 11) is -3.54. The molecule has 1 aliphatic heterocycles.